The Labute approximate surface area is 136 Å². The summed E-state index contributed by atoms with van der Waals surface area (Å²) in [5, 5.41) is 0.514. The van der Waals surface area contributed by atoms with Crippen molar-refractivity contribution in [1.82, 2.24) is 9.88 Å². The number of halogens is 1. The molecule has 1 fully saturated rings. The standard InChI is InChI=1S/C18H20ClN3/c19-18-7-6-17(14-20-18)21-16-9-12-22(13-10-16)11-8-15-4-2-1-3-5-15/h1-7,14H,8-13H2. The van der Waals surface area contributed by atoms with Crippen molar-refractivity contribution in [2.24, 2.45) is 4.99 Å². The van der Waals surface area contributed by atoms with Crippen LogP contribution in [0.3, 0.4) is 0 Å². The van der Waals surface area contributed by atoms with Gasteiger partial charge in [0.05, 0.1) is 11.9 Å². The van der Waals surface area contributed by atoms with Crippen LogP contribution in [0.1, 0.15) is 18.4 Å². The highest BCUT2D eigenvalue weighted by Crippen LogP contribution is 2.17. The number of hydrogen-bond acceptors (Lipinski definition) is 3. The second-order valence-electron chi connectivity index (χ2n) is 5.59. The molecule has 0 aliphatic carbocycles. The molecule has 1 aromatic heterocycles. The third-order valence-electron chi connectivity index (χ3n) is 3.99. The monoisotopic (exact) mass is 313 g/mol. The van der Waals surface area contributed by atoms with Crippen LogP contribution in [0.2, 0.25) is 5.15 Å². The van der Waals surface area contributed by atoms with Crippen molar-refractivity contribution < 1.29 is 0 Å². The largest absolute Gasteiger partial charge is 0.302 e. The number of benzene rings is 1. The lowest BCUT2D eigenvalue weighted by Gasteiger charge is -2.27. The Morgan fingerprint density at radius 2 is 1.82 bits per heavy atom. The third-order valence-corrected chi connectivity index (χ3v) is 4.22. The quantitative estimate of drug-likeness (QED) is 0.793. The lowest BCUT2D eigenvalue weighted by Crippen LogP contribution is -2.35. The fourth-order valence-electron chi connectivity index (χ4n) is 2.70. The average molecular weight is 314 g/mol. The number of likely N-dealkylation sites (tertiary alicyclic amines) is 1. The zero-order valence-electron chi connectivity index (χ0n) is 12.6. The van der Waals surface area contributed by atoms with Crippen molar-refractivity contribution in [3.8, 4) is 0 Å². The second kappa shape index (κ2) is 7.52. The minimum absolute atomic E-state index is 0.514. The SMILES string of the molecule is Clc1ccc(N=C2CCN(CCc3ccccc3)CC2)cn1. The molecule has 0 spiro atoms. The molecule has 22 heavy (non-hydrogen) atoms. The van der Waals surface area contributed by atoms with Crippen molar-refractivity contribution in [1.29, 1.82) is 0 Å². The van der Waals surface area contributed by atoms with Crippen LogP contribution in [0.25, 0.3) is 0 Å². The van der Waals surface area contributed by atoms with E-state index in [-0.39, 0.29) is 0 Å². The predicted molar refractivity (Wildman–Crippen MR) is 92.2 cm³/mol. The molecule has 3 rings (SSSR count). The van der Waals surface area contributed by atoms with E-state index in [0.29, 0.717) is 5.15 Å². The van der Waals surface area contributed by atoms with E-state index in [0.717, 1.165) is 44.6 Å². The number of piperidine rings is 1. The van der Waals surface area contributed by atoms with Crippen molar-refractivity contribution >= 4 is 23.0 Å². The maximum atomic E-state index is 5.79. The zero-order chi connectivity index (χ0) is 15.2. The van der Waals surface area contributed by atoms with E-state index in [9.17, 15) is 0 Å². The van der Waals surface area contributed by atoms with Gasteiger partial charge in [0.2, 0.25) is 0 Å². The van der Waals surface area contributed by atoms with Gasteiger partial charge >= 0.3 is 0 Å². The van der Waals surface area contributed by atoms with Gasteiger partial charge in [0, 0.05) is 25.3 Å². The summed E-state index contributed by atoms with van der Waals surface area (Å²) >= 11 is 5.79. The fraction of sp³-hybridized carbons (Fsp3) is 0.333. The summed E-state index contributed by atoms with van der Waals surface area (Å²) < 4.78 is 0. The van der Waals surface area contributed by atoms with E-state index in [2.05, 4.69) is 45.2 Å². The zero-order valence-corrected chi connectivity index (χ0v) is 13.3. The minimum atomic E-state index is 0.514. The van der Waals surface area contributed by atoms with Crippen LogP contribution >= 0.6 is 11.6 Å². The molecule has 0 N–H and O–H groups in total. The van der Waals surface area contributed by atoms with Crippen LogP contribution in [-0.2, 0) is 6.42 Å². The summed E-state index contributed by atoms with van der Waals surface area (Å²) in [5.74, 6) is 0. The van der Waals surface area contributed by atoms with E-state index in [1.165, 1.54) is 11.3 Å². The molecule has 1 aliphatic rings. The molecule has 114 valence electrons. The van der Waals surface area contributed by atoms with Gasteiger partial charge in [0.15, 0.2) is 0 Å². The molecule has 3 nitrogen and oxygen atoms in total. The van der Waals surface area contributed by atoms with Crippen LogP contribution < -0.4 is 0 Å². The third kappa shape index (κ3) is 4.39. The van der Waals surface area contributed by atoms with Gasteiger partial charge in [-0.3, -0.25) is 4.99 Å². The average Bonchev–Trinajstić information content (AvgIpc) is 2.57. The maximum Gasteiger partial charge on any atom is 0.129 e. The summed E-state index contributed by atoms with van der Waals surface area (Å²) in [5.41, 5.74) is 3.58. The number of nitrogens with zero attached hydrogens (tertiary/aromatic N) is 3. The Balaban J connectivity index is 1.49. The molecule has 0 radical (unpaired) electrons. The van der Waals surface area contributed by atoms with Gasteiger partial charge in [-0.1, -0.05) is 41.9 Å². The van der Waals surface area contributed by atoms with Crippen molar-refractivity contribution in [3.05, 3.63) is 59.4 Å². The Morgan fingerprint density at radius 1 is 1.05 bits per heavy atom. The summed E-state index contributed by atoms with van der Waals surface area (Å²) in [6, 6.07) is 14.4. The second-order valence-corrected chi connectivity index (χ2v) is 5.98. The Morgan fingerprint density at radius 3 is 2.50 bits per heavy atom. The highest BCUT2D eigenvalue weighted by atomic mass is 35.5. The molecule has 1 aliphatic heterocycles. The molecule has 4 heteroatoms. The minimum Gasteiger partial charge on any atom is -0.302 e. The van der Waals surface area contributed by atoms with E-state index in [4.69, 9.17) is 11.6 Å². The first-order chi connectivity index (χ1) is 10.8. The Bertz CT molecular complexity index is 613. The summed E-state index contributed by atoms with van der Waals surface area (Å²) in [6.45, 7) is 3.30. The molecule has 0 amide bonds. The lowest BCUT2D eigenvalue weighted by atomic mass is 10.1. The van der Waals surface area contributed by atoms with Crippen LogP contribution in [0, 0.1) is 0 Å². The van der Waals surface area contributed by atoms with Crippen molar-refractivity contribution in [3.63, 3.8) is 0 Å². The number of pyridine rings is 1. The lowest BCUT2D eigenvalue weighted by molar-refractivity contribution is 0.278. The number of aliphatic imine (C=N–C) groups is 1. The highest BCUT2D eigenvalue weighted by molar-refractivity contribution is 6.29. The summed E-state index contributed by atoms with van der Waals surface area (Å²) in [6.07, 6.45) is 4.93. The number of aromatic nitrogens is 1. The summed E-state index contributed by atoms with van der Waals surface area (Å²) in [7, 11) is 0. The summed E-state index contributed by atoms with van der Waals surface area (Å²) in [4.78, 5) is 11.3. The van der Waals surface area contributed by atoms with Gasteiger partial charge in [0.25, 0.3) is 0 Å². The molecule has 1 aromatic carbocycles. The van der Waals surface area contributed by atoms with Crippen molar-refractivity contribution in [2.45, 2.75) is 19.3 Å². The van der Waals surface area contributed by atoms with Crippen LogP contribution in [0.15, 0.2) is 53.7 Å². The molecule has 2 aromatic rings. The van der Waals surface area contributed by atoms with Gasteiger partial charge in [-0.05, 0) is 37.0 Å². The van der Waals surface area contributed by atoms with Crippen LogP contribution in [-0.4, -0.2) is 35.2 Å². The van der Waals surface area contributed by atoms with Crippen molar-refractivity contribution in [2.75, 3.05) is 19.6 Å². The van der Waals surface area contributed by atoms with E-state index in [1.54, 1.807) is 12.3 Å². The van der Waals surface area contributed by atoms with Gasteiger partial charge < -0.3 is 4.90 Å². The van der Waals surface area contributed by atoms with Gasteiger partial charge in [-0.2, -0.15) is 0 Å². The molecule has 0 unspecified atom stereocenters. The number of hydrogen-bond donors (Lipinski definition) is 0. The molecular weight excluding hydrogens is 294 g/mol. The van der Waals surface area contributed by atoms with Gasteiger partial charge in [0.1, 0.15) is 5.15 Å². The molecule has 1 saturated heterocycles. The molecule has 0 bridgehead atoms. The van der Waals surface area contributed by atoms with Gasteiger partial charge in [-0.25, -0.2) is 4.98 Å². The molecule has 0 atom stereocenters. The normalized spacial score (nSPS) is 15.8. The van der Waals surface area contributed by atoms with Gasteiger partial charge in [-0.15, -0.1) is 0 Å². The van der Waals surface area contributed by atoms with E-state index < -0.39 is 0 Å². The van der Waals surface area contributed by atoms with E-state index in [1.807, 2.05) is 6.07 Å². The fourth-order valence-corrected chi connectivity index (χ4v) is 2.81. The first-order valence-electron chi connectivity index (χ1n) is 7.74. The number of rotatable bonds is 4. The Hall–Kier alpha value is -1.71. The molecular formula is C18H20ClN3. The molecule has 2 heterocycles. The maximum absolute atomic E-state index is 5.79. The predicted octanol–water partition coefficient (Wildman–Crippen LogP) is 4.15. The van der Waals surface area contributed by atoms with E-state index >= 15 is 0 Å². The first-order valence-corrected chi connectivity index (χ1v) is 8.12. The smallest absolute Gasteiger partial charge is 0.129 e. The highest BCUT2D eigenvalue weighted by Gasteiger charge is 2.14. The first kappa shape index (κ1) is 15.2. The molecule has 0 saturated carbocycles. The Kier molecular flexibility index (Phi) is 5.20. The van der Waals surface area contributed by atoms with Crippen LogP contribution in [0.4, 0.5) is 5.69 Å². The topological polar surface area (TPSA) is 28.5 Å². The van der Waals surface area contributed by atoms with Crippen LogP contribution in [0.5, 0.6) is 0 Å².